The maximum Gasteiger partial charge on any atom is 0.191 e. The molecule has 0 aromatic heterocycles. The fourth-order valence-electron chi connectivity index (χ4n) is 2.91. The number of guanidine groups is 1. The van der Waals surface area contributed by atoms with Crippen LogP contribution in [0.25, 0.3) is 0 Å². The van der Waals surface area contributed by atoms with E-state index in [0.29, 0.717) is 5.92 Å². The van der Waals surface area contributed by atoms with Crippen molar-refractivity contribution in [2.24, 2.45) is 10.9 Å². The number of nitrogens with one attached hydrogen (secondary N) is 2. The number of methoxy groups -OCH3 is 1. The zero-order valence-electron chi connectivity index (χ0n) is 17.0. The minimum atomic E-state index is 0.288. The van der Waals surface area contributed by atoms with Gasteiger partial charge in [0.25, 0.3) is 0 Å². The summed E-state index contributed by atoms with van der Waals surface area (Å²) in [5, 5.41) is 6.79. The summed E-state index contributed by atoms with van der Waals surface area (Å²) in [6.45, 7) is 14.8. The van der Waals surface area contributed by atoms with Gasteiger partial charge in [-0.2, -0.15) is 0 Å². The van der Waals surface area contributed by atoms with E-state index in [0.717, 1.165) is 64.4 Å². The van der Waals surface area contributed by atoms with Crippen LogP contribution in [0, 0.1) is 5.92 Å². The molecule has 0 spiro atoms. The number of ether oxygens (including phenoxy) is 2. The Labute approximate surface area is 154 Å². The Bertz CT molecular complexity index is 359. The molecule has 0 aliphatic heterocycles. The first-order chi connectivity index (χ1) is 12.1. The van der Waals surface area contributed by atoms with Crippen LogP contribution in [0.4, 0.5) is 0 Å². The average Bonchev–Trinajstić information content (AvgIpc) is 3.41. The fourth-order valence-corrected chi connectivity index (χ4v) is 2.91. The van der Waals surface area contributed by atoms with Crippen LogP contribution in [0.2, 0.25) is 0 Å². The number of aliphatic imine (C=N–C) groups is 1. The van der Waals surface area contributed by atoms with Gasteiger partial charge in [-0.3, -0.25) is 9.89 Å². The third-order valence-electron chi connectivity index (χ3n) is 4.49. The van der Waals surface area contributed by atoms with E-state index < -0.39 is 0 Å². The van der Waals surface area contributed by atoms with Gasteiger partial charge >= 0.3 is 0 Å². The van der Waals surface area contributed by atoms with E-state index in [1.54, 1.807) is 7.11 Å². The fraction of sp³-hybridized carbons (Fsp3) is 0.947. The summed E-state index contributed by atoms with van der Waals surface area (Å²) in [7, 11) is 1.77. The van der Waals surface area contributed by atoms with Crippen LogP contribution in [0.15, 0.2) is 4.99 Å². The predicted octanol–water partition coefficient (Wildman–Crippen LogP) is 2.10. The molecule has 148 valence electrons. The Kier molecular flexibility index (Phi) is 11.9. The Hall–Kier alpha value is -0.850. The molecule has 0 bridgehead atoms. The molecule has 6 nitrogen and oxygen atoms in total. The summed E-state index contributed by atoms with van der Waals surface area (Å²) in [4.78, 5) is 7.23. The van der Waals surface area contributed by atoms with Crippen molar-refractivity contribution >= 4 is 5.96 Å². The van der Waals surface area contributed by atoms with E-state index in [1.165, 1.54) is 12.8 Å². The van der Waals surface area contributed by atoms with Crippen LogP contribution in [0.3, 0.4) is 0 Å². The molecule has 1 unspecified atom stereocenters. The summed E-state index contributed by atoms with van der Waals surface area (Å²) in [5.74, 6) is 1.43. The van der Waals surface area contributed by atoms with Gasteiger partial charge in [0.1, 0.15) is 0 Å². The molecule has 2 N–H and O–H groups in total. The highest BCUT2D eigenvalue weighted by atomic mass is 16.5. The van der Waals surface area contributed by atoms with Gasteiger partial charge in [0.05, 0.1) is 12.7 Å². The lowest BCUT2D eigenvalue weighted by Crippen LogP contribution is -2.43. The van der Waals surface area contributed by atoms with Gasteiger partial charge < -0.3 is 20.1 Å². The lowest BCUT2D eigenvalue weighted by Gasteiger charge is -2.22. The zero-order valence-corrected chi connectivity index (χ0v) is 17.0. The van der Waals surface area contributed by atoms with E-state index in [1.807, 2.05) is 0 Å². The third-order valence-corrected chi connectivity index (χ3v) is 4.49. The van der Waals surface area contributed by atoms with E-state index in [-0.39, 0.29) is 6.10 Å². The molecule has 25 heavy (non-hydrogen) atoms. The van der Waals surface area contributed by atoms with Gasteiger partial charge in [-0.1, -0.05) is 13.8 Å². The second-order valence-electron chi connectivity index (χ2n) is 6.97. The molecule has 0 aromatic rings. The first-order valence-corrected chi connectivity index (χ1v) is 9.99. The van der Waals surface area contributed by atoms with E-state index in [4.69, 9.17) is 14.5 Å². The van der Waals surface area contributed by atoms with E-state index in [2.05, 4.69) is 43.2 Å². The Morgan fingerprint density at radius 2 is 1.96 bits per heavy atom. The third kappa shape index (κ3) is 10.0. The van der Waals surface area contributed by atoms with Crippen LogP contribution in [0.5, 0.6) is 0 Å². The van der Waals surface area contributed by atoms with Gasteiger partial charge in [-0.05, 0) is 39.0 Å². The predicted molar refractivity (Wildman–Crippen MR) is 105 cm³/mol. The zero-order chi connectivity index (χ0) is 18.5. The Balaban J connectivity index is 2.36. The van der Waals surface area contributed by atoms with Gasteiger partial charge in [-0.15, -0.1) is 0 Å². The molecular weight excluding hydrogens is 316 g/mol. The highest BCUT2D eigenvalue weighted by Crippen LogP contribution is 2.25. The Morgan fingerprint density at radius 1 is 1.20 bits per heavy atom. The smallest absolute Gasteiger partial charge is 0.191 e. The second-order valence-corrected chi connectivity index (χ2v) is 6.97. The van der Waals surface area contributed by atoms with Crippen LogP contribution >= 0.6 is 0 Å². The summed E-state index contributed by atoms with van der Waals surface area (Å²) in [5.41, 5.74) is 0. The maximum atomic E-state index is 5.80. The first-order valence-electron chi connectivity index (χ1n) is 9.99. The van der Waals surface area contributed by atoms with Crippen molar-refractivity contribution in [3.8, 4) is 0 Å². The molecule has 1 aliphatic carbocycles. The number of hydrogen-bond acceptors (Lipinski definition) is 4. The maximum absolute atomic E-state index is 5.80. The minimum absolute atomic E-state index is 0.288. The molecule has 1 fully saturated rings. The number of rotatable bonds is 14. The number of nitrogens with zero attached hydrogens (tertiary/aromatic N) is 2. The van der Waals surface area contributed by atoms with Crippen LogP contribution in [-0.2, 0) is 9.47 Å². The average molecular weight is 357 g/mol. The molecule has 0 heterocycles. The van der Waals surface area contributed by atoms with Gasteiger partial charge in [-0.25, -0.2) is 0 Å². The lowest BCUT2D eigenvalue weighted by atomic mass is 10.0. The molecule has 1 rings (SSSR count). The standard InChI is InChI=1S/C19H40N4O2/c1-6-20-19(21-11-10-18(16(3)4)25-7-2)22-12-13-23(14-15-24-5)17-8-9-17/h16-18H,6-15H2,1-5H3,(H2,20,21,22). The van der Waals surface area contributed by atoms with Gasteiger partial charge in [0.2, 0.25) is 0 Å². The SMILES string of the molecule is CCNC(=NCCC(OCC)C(C)C)NCCN(CCOC)C1CC1. The summed E-state index contributed by atoms with van der Waals surface area (Å²) in [6.07, 6.45) is 3.90. The van der Waals surface area contributed by atoms with Crippen molar-refractivity contribution in [3.63, 3.8) is 0 Å². The van der Waals surface area contributed by atoms with Crippen LogP contribution < -0.4 is 10.6 Å². The van der Waals surface area contributed by atoms with E-state index >= 15 is 0 Å². The van der Waals surface area contributed by atoms with Crippen LogP contribution in [-0.4, -0.2) is 76.1 Å². The number of hydrogen-bond donors (Lipinski definition) is 2. The van der Waals surface area contributed by atoms with Crippen molar-refractivity contribution in [1.29, 1.82) is 0 Å². The van der Waals surface area contributed by atoms with Crippen molar-refractivity contribution in [2.75, 3.05) is 53.0 Å². The molecular formula is C19H40N4O2. The van der Waals surface area contributed by atoms with Crippen molar-refractivity contribution < 1.29 is 9.47 Å². The van der Waals surface area contributed by atoms with Gasteiger partial charge in [0.15, 0.2) is 5.96 Å². The minimum Gasteiger partial charge on any atom is -0.383 e. The van der Waals surface area contributed by atoms with Crippen LogP contribution in [0.1, 0.15) is 47.0 Å². The molecule has 0 radical (unpaired) electrons. The Morgan fingerprint density at radius 3 is 2.52 bits per heavy atom. The highest BCUT2D eigenvalue weighted by Gasteiger charge is 2.28. The normalized spacial score (nSPS) is 16.5. The van der Waals surface area contributed by atoms with Crippen molar-refractivity contribution in [1.82, 2.24) is 15.5 Å². The van der Waals surface area contributed by atoms with Gasteiger partial charge in [0, 0.05) is 52.5 Å². The molecule has 1 aliphatic rings. The second kappa shape index (κ2) is 13.4. The molecule has 6 heteroatoms. The van der Waals surface area contributed by atoms with E-state index in [9.17, 15) is 0 Å². The summed E-state index contributed by atoms with van der Waals surface area (Å²) in [6, 6.07) is 0.759. The molecule has 1 saturated carbocycles. The van der Waals surface area contributed by atoms with Crippen molar-refractivity contribution in [2.45, 2.75) is 59.1 Å². The van der Waals surface area contributed by atoms with Crippen molar-refractivity contribution in [3.05, 3.63) is 0 Å². The largest absolute Gasteiger partial charge is 0.383 e. The highest BCUT2D eigenvalue weighted by molar-refractivity contribution is 5.79. The topological polar surface area (TPSA) is 58.1 Å². The quantitative estimate of drug-likeness (QED) is 0.369. The molecule has 0 amide bonds. The first kappa shape index (κ1) is 22.2. The molecule has 1 atom stereocenters. The molecule has 0 aromatic carbocycles. The molecule has 0 saturated heterocycles. The summed E-state index contributed by atoms with van der Waals surface area (Å²) >= 11 is 0. The lowest BCUT2D eigenvalue weighted by molar-refractivity contribution is 0.0266. The summed E-state index contributed by atoms with van der Waals surface area (Å²) < 4.78 is 11.0. The monoisotopic (exact) mass is 356 g/mol.